The Morgan fingerprint density at radius 2 is 0.913 bits per heavy atom. The Morgan fingerprint density at radius 3 is 1.35 bits per heavy atom. The van der Waals surface area contributed by atoms with Crippen molar-refractivity contribution < 1.29 is 19.1 Å². The molecular weight excluding hydrogens is 570 g/mol. The van der Waals surface area contributed by atoms with Gasteiger partial charge in [0.25, 0.3) is 0 Å². The third-order valence-electron chi connectivity index (χ3n) is 7.96. The topological polar surface area (TPSA) is 55.8 Å². The molecule has 0 heterocycles. The summed E-state index contributed by atoms with van der Waals surface area (Å²) in [5, 5.41) is 0. The van der Waals surface area contributed by atoms with Crippen LogP contribution in [-0.2, 0) is 19.1 Å². The Hall–Kier alpha value is -2.14. The van der Waals surface area contributed by atoms with Crippen LogP contribution >= 0.6 is 0 Å². The summed E-state index contributed by atoms with van der Waals surface area (Å²) in [5.41, 5.74) is 0. The molecule has 0 radical (unpaired) electrons. The van der Waals surface area contributed by atoms with Crippen molar-refractivity contribution in [2.45, 2.75) is 174 Å². The van der Waals surface area contributed by atoms with Crippen molar-refractivity contribution in [1.29, 1.82) is 0 Å². The van der Waals surface area contributed by atoms with E-state index < -0.39 is 6.10 Å². The first-order valence-corrected chi connectivity index (χ1v) is 19.1. The number of ether oxygens (including phenoxy) is 2. The van der Waals surface area contributed by atoms with E-state index in [1.54, 1.807) is 0 Å². The summed E-state index contributed by atoms with van der Waals surface area (Å²) in [6.45, 7) is 5.16. The van der Waals surface area contributed by atoms with Crippen LogP contribution in [0.25, 0.3) is 0 Å². The molecule has 0 saturated carbocycles. The molecule has 0 aromatic rings. The van der Waals surface area contributed by atoms with E-state index in [1.807, 2.05) is 19.0 Å². The number of likely N-dealkylation sites (N-methyl/N-ethyl adjacent to an activating group) is 1. The maximum Gasteiger partial charge on any atom is 0.306 e. The molecule has 0 aromatic carbocycles. The van der Waals surface area contributed by atoms with E-state index in [2.05, 4.69) is 62.5 Å². The molecule has 0 spiro atoms. The Labute approximate surface area is 285 Å². The zero-order valence-electron chi connectivity index (χ0n) is 30.7. The van der Waals surface area contributed by atoms with Gasteiger partial charge in [-0.05, 0) is 91.1 Å². The van der Waals surface area contributed by atoms with Crippen LogP contribution in [0.5, 0.6) is 0 Å². The van der Waals surface area contributed by atoms with Gasteiger partial charge in [0.1, 0.15) is 12.7 Å². The van der Waals surface area contributed by atoms with Crippen LogP contribution in [-0.4, -0.2) is 50.2 Å². The summed E-state index contributed by atoms with van der Waals surface area (Å²) in [6.07, 6.45) is 44.2. The first-order chi connectivity index (χ1) is 22.5. The van der Waals surface area contributed by atoms with Crippen LogP contribution in [0.15, 0.2) is 48.6 Å². The molecule has 0 aliphatic carbocycles. The second kappa shape index (κ2) is 35.7. The molecule has 1 unspecified atom stereocenters. The second-order valence-electron chi connectivity index (χ2n) is 13.0. The number of allylic oxidation sites excluding steroid dienone is 8. The third kappa shape index (κ3) is 34.7. The van der Waals surface area contributed by atoms with Gasteiger partial charge < -0.3 is 14.4 Å². The van der Waals surface area contributed by atoms with Crippen LogP contribution < -0.4 is 0 Å². The van der Waals surface area contributed by atoms with E-state index in [-0.39, 0.29) is 18.5 Å². The highest BCUT2D eigenvalue weighted by molar-refractivity contribution is 5.70. The van der Waals surface area contributed by atoms with Crippen molar-refractivity contribution in [3.63, 3.8) is 0 Å². The molecule has 0 bridgehead atoms. The molecule has 0 N–H and O–H groups in total. The molecule has 5 heteroatoms. The number of hydrogen-bond acceptors (Lipinski definition) is 5. The predicted octanol–water partition coefficient (Wildman–Crippen LogP) is 11.6. The van der Waals surface area contributed by atoms with E-state index in [0.29, 0.717) is 19.4 Å². The maximum absolute atomic E-state index is 12.4. The fourth-order valence-electron chi connectivity index (χ4n) is 5.20. The standard InChI is InChI=1S/C41H73NO4/c1-5-7-9-11-13-15-17-19-21-23-25-27-29-31-33-35-40(43)45-38-39(37-42(3)4)46-41(44)36-34-32-30-28-26-24-22-20-18-16-14-12-10-8-6-2/h13-16,19-22,39H,5-12,17-18,23-38H2,1-4H3/b15-13+,16-14+,21-19+,22-20+. The lowest BCUT2D eigenvalue weighted by Gasteiger charge is -2.21. The largest absolute Gasteiger partial charge is 0.462 e. The summed E-state index contributed by atoms with van der Waals surface area (Å²) in [4.78, 5) is 26.7. The summed E-state index contributed by atoms with van der Waals surface area (Å²) in [6, 6.07) is 0. The molecule has 0 saturated heterocycles. The molecule has 0 rings (SSSR count). The minimum absolute atomic E-state index is 0.130. The molecule has 5 nitrogen and oxygen atoms in total. The van der Waals surface area contributed by atoms with E-state index in [1.165, 1.54) is 77.0 Å². The Morgan fingerprint density at radius 1 is 0.522 bits per heavy atom. The minimum Gasteiger partial charge on any atom is -0.462 e. The lowest BCUT2D eigenvalue weighted by atomic mass is 10.1. The van der Waals surface area contributed by atoms with Gasteiger partial charge in [-0.3, -0.25) is 9.59 Å². The number of rotatable bonds is 33. The zero-order chi connectivity index (χ0) is 33.8. The Balaban J connectivity index is 3.84. The first kappa shape index (κ1) is 43.9. The molecule has 1 atom stereocenters. The fourth-order valence-corrected chi connectivity index (χ4v) is 5.20. The van der Waals surface area contributed by atoms with Crippen LogP contribution in [0.2, 0.25) is 0 Å². The number of unbranched alkanes of at least 4 members (excludes halogenated alkanes) is 16. The highest BCUT2D eigenvalue weighted by atomic mass is 16.6. The number of carbonyl (C=O) groups excluding carboxylic acids is 2. The minimum atomic E-state index is -0.422. The van der Waals surface area contributed by atoms with Crippen molar-refractivity contribution in [2.75, 3.05) is 27.2 Å². The van der Waals surface area contributed by atoms with E-state index >= 15 is 0 Å². The molecule has 0 amide bonds. The van der Waals surface area contributed by atoms with Crippen molar-refractivity contribution in [1.82, 2.24) is 4.90 Å². The van der Waals surface area contributed by atoms with Crippen LogP contribution in [0.4, 0.5) is 0 Å². The average Bonchev–Trinajstić information content (AvgIpc) is 3.03. The van der Waals surface area contributed by atoms with Crippen molar-refractivity contribution in [3.8, 4) is 0 Å². The van der Waals surface area contributed by atoms with E-state index in [0.717, 1.165) is 64.2 Å². The lowest BCUT2D eigenvalue weighted by molar-refractivity contribution is -0.160. The fraction of sp³-hybridized carbons (Fsp3) is 0.756. The lowest BCUT2D eigenvalue weighted by Crippen LogP contribution is -2.34. The Bertz CT molecular complexity index is 798. The van der Waals surface area contributed by atoms with Gasteiger partial charge in [-0.1, -0.05) is 127 Å². The van der Waals surface area contributed by atoms with Gasteiger partial charge in [0.05, 0.1) is 0 Å². The van der Waals surface area contributed by atoms with Gasteiger partial charge in [-0.2, -0.15) is 0 Å². The molecule has 0 fully saturated rings. The number of hydrogen-bond donors (Lipinski definition) is 0. The van der Waals surface area contributed by atoms with Crippen molar-refractivity contribution >= 4 is 11.9 Å². The molecule has 266 valence electrons. The smallest absolute Gasteiger partial charge is 0.306 e. The number of nitrogens with zero attached hydrogens (tertiary/aromatic N) is 1. The highest BCUT2D eigenvalue weighted by Crippen LogP contribution is 2.11. The maximum atomic E-state index is 12.4. The number of carbonyl (C=O) groups is 2. The van der Waals surface area contributed by atoms with Crippen LogP contribution in [0.3, 0.4) is 0 Å². The second-order valence-corrected chi connectivity index (χ2v) is 13.0. The molecule has 46 heavy (non-hydrogen) atoms. The van der Waals surface area contributed by atoms with Crippen molar-refractivity contribution in [2.24, 2.45) is 0 Å². The predicted molar refractivity (Wildman–Crippen MR) is 198 cm³/mol. The molecule has 0 aromatic heterocycles. The zero-order valence-corrected chi connectivity index (χ0v) is 30.7. The highest BCUT2D eigenvalue weighted by Gasteiger charge is 2.18. The van der Waals surface area contributed by atoms with Gasteiger partial charge in [-0.25, -0.2) is 0 Å². The number of esters is 2. The third-order valence-corrected chi connectivity index (χ3v) is 7.96. The van der Waals surface area contributed by atoms with E-state index in [9.17, 15) is 9.59 Å². The van der Waals surface area contributed by atoms with Gasteiger partial charge in [0.2, 0.25) is 0 Å². The Kier molecular flexibility index (Phi) is 34.0. The quantitative estimate of drug-likeness (QED) is 0.0404. The molecule has 0 aliphatic rings. The van der Waals surface area contributed by atoms with Crippen LogP contribution in [0.1, 0.15) is 168 Å². The summed E-state index contributed by atoms with van der Waals surface area (Å²) >= 11 is 0. The van der Waals surface area contributed by atoms with Gasteiger partial charge >= 0.3 is 11.9 Å². The van der Waals surface area contributed by atoms with Gasteiger partial charge in [0.15, 0.2) is 0 Å². The summed E-state index contributed by atoms with van der Waals surface area (Å²) in [5.74, 6) is -0.387. The summed E-state index contributed by atoms with van der Waals surface area (Å²) < 4.78 is 11.2. The molecule has 0 aliphatic heterocycles. The summed E-state index contributed by atoms with van der Waals surface area (Å²) in [7, 11) is 3.87. The monoisotopic (exact) mass is 644 g/mol. The van der Waals surface area contributed by atoms with Gasteiger partial charge in [0, 0.05) is 19.4 Å². The SMILES string of the molecule is CCCCC/C=C/C/C=C/CCCCCCCC(=O)OCC(CN(C)C)OC(=O)CCCCCCC/C=C/C/C=C/CCCCC. The van der Waals surface area contributed by atoms with Gasteiger partial charge in [-0.15, -0.1) is 0 Å². The molecular formula is C41H73NO4. The average molecular weight is 644 g/mol. The van der Waals surface area contributed by atoms with Crippen LogP contribution in [0, 0.1) is 0 Å². The van der Waals surface area contributed by atoms with E-state index in [4.69, 9.17) is 9.47 Å². The normalized spacial score (nSPS) is 12.8. The van der Waals surface area contributed by atoms with Crippen molar-refractivity contribution in [3.05, 3.63) is 48.6 Å². The first-order valence-electron chi connectivity index (χ1n) is 19.1.